The number of amides is 1. The van der Waals surface area contributed by atoms with Crippen molar-refractivity contribution in [2.24, 2.45) is 0 Å². The van der Waals surface area contributed by atoms with Crippen molar-refractivity contribution >= 4 is 47.1 Å². The van der Waals surface area contributed by atoms with Crippen molar-refractivity contribution in [3.63, 3.8) is 0 Å². The third-order valence-electron chi connectivity index (χ3n) is 3.69. The summed E-state index contributed by atoms with van der Waals surface area (Å²) in [6.07, 6.45) is 0.609. The van der Waals surface area contributed by atoms with E-state index in [0.29, 0.717) is 33.3 Å². The van der Waals surface area contributed by atoms with Gasteiger partial charge in [-0.2, -0.15) is 0 Å². The third kappa shape index (κ3) is 4.79. The fraction of sp³-hybridized carbons (Fsp3) is 0.0500. The molecule has 0 saturated heterocycles. The number of hydrogen-bond donors (Lipinski definition) is 1. The van der Waals surface area contributed by atoms with Gasteiger partial charge in [0.05, 0.1) is 15.6 Å². The molecule has 1 amide bonds. The van der Waals surface area contributed by atoms with Gasteiger partial charge in [0.2, 0.25) is 0 Å². The quantitative estimate of drug-likeness (QED) is 0.457. The van der Waals surface area contributed by atoms with Crippen LogP contribution < -0.4 is 5.32 Å². The Labute approximate surface area is 170 Å². The standard InChI is InChI=1S/C20H13Cl2NO5/c21-16-7-5-14(9-17(16)22)23-19(25)11-27-20(26)13-3-1-12(2-4-13)18-8-6-15(10-24)28-18/h1-10H,11H2,(H,23,25). The van der Waals surface area contributed by atoms with Gasteiger partial charge in [-0.1, -0.05) is 35.3 Å². The second kappa shape index (κ2) is 8.73. The lowest BCUT2D eigenvalue weighted by Gasteiger charge is -2.08. The van der Waals surface area contributed by atoms with Crippen molar-refractivity contribution in [1.82, 2.24) is 0 Å². The zero-order valence-electron chi connectivity index (χ0n) is 14.3. The zero-order valence-corrected chi connectivity index (χ0v) is 15.8. The highest BCUT2D eigenvalue weighted by atomic mass is 35.5. The number of carbonyl (C=O) groups is 3. The summed E-state index contributed by atoms with van der Waals surface area (Å²) in [7, 11) is 0. The number of rotatable bonds is 6. The van der Waals surface area contributed by atoms with E-state index in [4.69, 9.17) is 32.4 Å². The van der Waals surface area contributed by atoms with Crippen molar-refractivity contribution in [2.45, 2.75) is 0 Å². The molecule has 3 rings (SSSR count). The first-order valence-corrected chi connectivity index (χ1v) is 8.79. The topological polar surface area (TPSA) is 85.6 Å². The van der Waals surface area contributed by atoms with E-state index in [1.807, 2.05) is 0 Å². The number of ether oxygens (including phenoxy) is 1. The lowest BCUT2D eigenvalue weighted by molar-refractivity contribution is -0.119. The first-order chi connectivity index (χ1) is 13.5. The highest BCUT2D eigenvalue weighted by molar-refractivity contribution is 6.42. The van der Waals surface area contributed by atoms with E-state index in [1.165, 1.54) is 18.2 Å². The van der Waals surface area contributed by atoms with Crippen LogP contribution in [-0.4, -0.2) is 24.8 Å². The molecule has 8 heteroatoms. The van der Waals surface area contributed by atoms with Crippen LogP contribution in [0.4, 0.5) is 5.69 Å². The lowest BCUT2D eigenvalue weighted by atomic mass is 10.1. The molecule has 3 aromatic rings. The van der Waals surface area contributed by atoms with Crippen LogP contribution in [0.3, 0.4) is 0 Å². The van der Waals surface area contributed by atoms with Gasteiger partial charge in [-0.25, -0.2) is 4.79 Å². The Morgan fingerprint density at radius 2 is 1.75 bits per heavy atom. The molecule has 28 heavy (non-hydrogen) atoms. The fourth-order valence-corrected chi connectivity index (χ4v) is 2.63. The summed E-state index contributed by atoms with van der Waals surface area (Å²) in [6, 6.07) is 14.2. The van der Waals surface area contributed by atoms with Crippen molar-refractivity contribution in [1.29, 1.82) is 0 Å². The van der Waals surface area contributed by atoms with E-state index in [1.54, 1.807) is 36.4 Å². The summed E-state index contributed by atoms with van der Waals surface area (Å²) in [5, 5.41) is 3.22. The Hall–Kier alpha value is -3.09. The molecule has 0 aliphatic rings. The molecule has 1 N–H and O–H groups in total. The monoisotopic (exact) mass is 417 g/mol. The number of hydrogen-bond acceptors (Lipinski definition) is 5. The predicted molar refractivity (Wildman–Crippen MR) is 105 cm³/mol. The minimum Gasteiger partial charge on any atom is -0.453 e. The van der Waals surface area contributed by atoms with E-state index in [9.17, 15) is 14.4 Å². The van der Waals surface area contributed by atoms with Crippen molar-refractivity contribution in [3.05, 3.63) is 76.0 Å². The third-order valence-corrected chi connectivity index (χ3v) is 4.42. The van der Waals surface area contributed by atoms with Crippen LogP contribution in [0, 0.1) is 0 Å². The van der Waals surface area contributed by atoms with Gasteiger partial charge in [-0.3, -0.25) is 9.59 Å². The SMILES string of the molecule is O=Cc1ccc(-c2ccc(C(=O)OCC(=O)Nc3ccc(Cl)c(Cl)c3)cc2)o1. The molecule has 0 aliphatic carbocycles. The summed E-state index contributed by atoms with van der Waals surface area (Å²) >= 11 is 11.7. The Morgan fingerprint density at radius 3 is 2.39 bits per heavy atom. The van der Waals surface area contributed by atoms with Crippen LogP contribution in [0.5, 0.6) is 0 Å². The average Bonchev–Trinajstić information content (AvgIpc) is 3.18. The fourth-order valence-electron chi connectivity index (χ4n) is 2.33. The van der Waals surface area contributed by atoms with Crippen LogP contribution >= 0.6 is 23.2 Å². The number of aldehydes is 1. The Kier molecular flexibility index (Phi) is 6.13. The number of benzene rings is 2. The number of furan rings is 1. The van der Waals surface area contributed by atoms with E-state index in [-0.39, 0.29) is 11.3 Å². The van der Waals surface area contributed by atoms with Gasteiger partial charge in [0.1, 0.15) is 5.76 Å². The zero-order chi connectivity index (χ0) is 20.1. The van der Waals surface area contributed by atoms with Gasteiger partial charge >= 0.3 is 5.97 Å². The van der Waals surface area contributed by atoms with Crippen molar-refractivity contribution < 1.29 is 23.5 Å². The van der Waals surface area contributed by atoms with E-state index in [2.05, 4.69) is 5.32 Å². The molecule has 0 aliphatic heterocycles. The normalized spacial score (nSPS) is 10.4. The summed E-state index contributed by atoms with van der Waals surface area (Å²) < 4.78 is 10.3. The first kappa shape index (κ1) is 19.7. The number of nitrogens with one attached hydrogen (secondary N) is 1. The van der Waals surface area contributed by atoms with Crippen LogP contribution in [0.1, 0.15) is 20.9 Å². The Morgan fingerprint density at radius 1 is 1.00 bits per heavy atom. The largest absolute Gasteiger partial charge is 0.453 e. The van der Waals surface area contributed by atoms with Gasteiger partial charge in [-0.05, 0) is 42.5 Å². The maximum atomic E-state index is 12.1. The minimum absolute atomic E-state index is 0.214. The molecule has 0 atom stereocenters. The Balaban J connectivity index is 1.56. The molecule has 6 nitrogen and oxygen atoms in total. The predicted octanol–water partition coefficient (Wildman–Crippen LogP) is 4.86. The van der Waals surface area contributed by atoms with Gasteiger partial charge < -0.3 is 14.5 Å². The average molecular weight is 418 g/mol. The second-order valence-corrected chi connectivity index (χ2v) is 6.46. The highest BCUT2D eigenvalue weighted by Gasteiger charge is 2.12. The van der Waals surface area contributed by atoms with E-state index < -0.39 is 18.5 Å². The molecule has 0 saturated carbocycles. The molecular weight excluding hydrogens is 405 g/mol. The maximum Gasteiger partial charge on any atom is 0.338 e. The van der Waals surface area contributed by atoms with E-state index in [0.717, 1.165) is 0 Å². The Bertz CT molecular complexity index is 1030. The summed E-state index contributed by atoms with van der Waals surface area (Å²) in [5.41, 5.74) is 1.41. The smallest absolute Gasteiger partial charge is 0.338 e. The molecular formula is C20H13Cl2NO5. The van der Waals surface area contributed by atoms with Crippen LogP contribution in [0.2, 0.25) is 10.0 Å². The number of carbonyl (C=O) groups excluding carboxylic acids is 3. The molecule has 0 unspecified atom stereocenters. The first-order valence-electron chi connectivity index (χ1n) is 8.04. The number of anilines is 1. The van der Waals surface area contributed by atoms with Gasteiger partial charge in [-0.15, -0.1) is 0 Å². The number of esters is 1. The maximum absolute atomic E-state index is 12.1. The van der Waals surface area contributed by atoms with Crippen molar-refractivity contribution in [2.75, 3.05) is 11.9 Å². The van der Waals surface area contributed by atoms with Crippen LogP contribution in [0.15, 0.2) is 59.0 Å². The van der Waals surface area contributed by atoms with Gasteiger partial charge in [0, 0.05) is 11.3 Å². The van der Waals surface area contributed by atoms with E-state index >= 15 is 0 Å². The molecule has 0 radical (unpaired) electrons. The molecule has 1 aromatic heterocycles. The summed E-state index contributed by atoms with van der Waals surface area (Å²) in [4.78, 5) is 34.7. The van der Waals surface area contributed by atoms with Gasteiger partial charge in [0.25, 0.3) is 5.91 Å². The number of halogens is 2. The minimum atomic E-state index is -0.649. The summed E-state index contributed by atoms with van der Waals surface area (Å²) in [6.45, 7) is -0.457. The molecule has 142 valence electrons. The van der Waals surface area contributed by atoms with Crippen LogP contribution in [0.25, 0.3) is 11.3 Å². The lowest BCUT2D eigenvalue weighted by Crippen LogP contribution is -2.20. The van der Waals surface area contributed by atoms with Gasteiger partial charge in [0.15, 0.2) is 18.7 Å². The molecule has 2 aromatic carbocycles. The molecule has 0 bridgehead atoms. The molecule has 1 heterocycles. The van der Waals surface area contributed by atoms with Crippen LogP contribution in [-0.2, 0) is 9.53 Å². The summed E-state index contributed by atoms with van der Waals surface area (Å²) in [5.74, 6) is -0.446. The second-order valence-electron chi connectivity index (χ2n) is 5.65. The van der Waals surface area contributed by atoms with Crippen molar-refractivity contribution in [3.8, 4) is 11.3 Å². The molecule has 0 spiro atoms. The molecule has 0 fully saturated rings. The highest BCUT2D eigenvalue weighted by Crippen LogP contribution is 2.25.